The van der Waals surface area contributed by atoms with Crippen molar-refractivity contribution in [2.75, 3.05) is 6.54 Å². The molecule has 0 spiro atoms. The molecular weight excluding hydrogens is 158 g/mol. The lowest BCUT2D eigenvalue weighted by Crippen LogP contribution is -2.36. The SMILES string of the molecule is CCC(C)CCC1CCC(C)NC1. The molecule has 78 valence electrons. The predicted octanol–water partition coefficient (Wildman–Crippen LogP) is 3.20. The summed E-state index contributed by atoms with van der Waals surface area (Å²) in [5, 5.41) is 3.57. The number of piperidine rings is 1. The first kappa shape index (κ1) is 11.0. The minimum Gasteiger partial charge on any atom is -0.314 e. The van der Waals surface area contributed by atoms with Crippen molar-refractivity contribution in [2.24, 2.45) is 11.8 Å². The van der Waals surface area contributed by atoms with Gasteiger partial charge in [-0.1, -0.05) is 26.7 Å². The first-order valence-corrected chi connectivity index (χ1v) is 5.95. The van der Waals surface area contributed by atoms with E-state index in [0.29, 0.717) is 0 Å². The smallest absolute Gasteiger partial charge is 0.00389 e. The van der Waals surface area contributed by atoms with E-state index in [1.54, 1.807) is 0 Å². The zero-order chi connectivity index (χ0) is 9.68. The second-order valence-corrected chi connectivity index (χ2v) is 4.84. The molecule has 0 aromatic rings. The van der Waals surface area contributed by atoms with E-state index in [1.807, 2.05) is 0 Å². The summed E-state index contributed by atoms with van der Waals surface area (Å²) in [4.78, 5) is 0. The van der Waals surface area contributed by atoms with Gasteiger partial charge in [0.1, 0.15) is 0 Å². The van der Waals surface area contributed by atoms with E-state index in [1.165, 1.54) is 38.6 Å². The van der Waals surface area contributed by atoms with Gasteiger partial charge in [-0.05, 0) is 44.6 Å². The molecule has 0 saturated carbocycles. The molecule has 1 heteroatoms. The van der Waals surface area contributed by atoms with Gasteiger partial charge in [0, 0.05) is 6.04 Å². The van der Waals surface area contributed by atoms with Gasteiger partial charge in [0.25, 0.3) is 0 Å². The summed E-state index contributed by atoms with van der Waals surface area (Å²) < 4.78 is 0. The molecular formula is C12H25N. The molecule has 3 unspecified atom stereocenters. The van der Waals surface area contributed by atoms with Gasteiger partial charge in [-0.3, -0.25) is 0 Å². The van der Waals surface area contributed by atoms with Crippen LogP contribution in [0.3, 0.4) is 0 Å². The summed E-state index contributed by atoms with van der Waals surface area (Å²) in [7, 11) is 0. The largest absolute Gasteiger partial charge is 0.314 e. The van der Waals surface area contributed by atoms with Crippen LogP contribution in [0.4, 0.5) is 0 Å². The zero-order valence-corrected chi connectivity index (χ0v) is 9.47. The van der Waals surface area contributed by atoms with Crippen LogP contribution in [-0.2, 0) is 0 Å². The number of rotatable bonds is 4. The Kier molecular flexibility index (Phi) is 4.79. The predicted molar refractivity (Wildman–Crippen MR) is 58.9 cm³/mol. The summed E-state index contributed by atoms with van der Waals surface area (Å²) in [5.74, 6) is 1.89. The van der Waals surface area contributed by atoms with Gasteiger partial charge in [-0.15, -0.1) is 0 Å². The quantitative estimate of drug-likeness (QED) is 0.706. The monoisotopic (exact) mass is 183 g/mol. The Balaban J connectivity index is 2.08. The highest BCUT2D eigenvalue weighted by Crippen LogP contribution is 2.22. The second-order valence-electron chi connectivity index (χ2n) is 4.84. The van der Waals surface area contributed by atoms with Crippen LogP contribution in [0.1, 0.15) is 52.9 Å². The summed E-state index contributed by atoms with van der Waals surface area (Å²) >= 11 is 0. The number of hydrogen-bond acceptors (Lipinski definition) is 1. The number of hydrogen-bond donors (Lipinski definition) is 1. The maximum atomic E-state index is 3.57. The van der Waals surface area contributed by atoms with Crippen LogP contribution in [0.5, 0.6) is 0 Å². The van der Waals surface area contributed by atoms with E-state index >= 15 is 0 Å². The Morgan fingerprint density at radius 1 is 1.38 bits per heavy atom. The van der Waals surface area contributed by atoms with Crippen LogP contribution in [-0.4, -0.2) is 12.6 Å². The first-order valence-electron chi connectivity index (χ1n) is 5.95. The maximum absolute atomic E-state index is 3.57. The number of nitrogens with one attached hydrogen (secondary N) is 1. The van der Waals surface area contributed by atoms with Gasteiger partial charge < -0.3 is 5.32 Å². The van der Waals surface area contributed by atoms with Crippen molar-refractivity contribution >= 4 is 0 Å². The molecule has 1 aliphatic heterocycles. The van der Waals surface area contributed by atoms with Crippen molar-refractivity contribution in [1.82, 2.24) is 5.32 Å². The Hall–Kier alpha value is -0.0400. The fraction of sp³-hybridized carbons (Fsp3) is 1.00. The summed E-state index contributed by atoms with van der Waals surface area (Å²) in [5.41, 5.74) is 0. The Bertz CT molecular complexity index is 125. The molecule has 0 amide bonds. The molecule has 1 saturated heterocycles. The second kappa shape index (κ2) is 5.64. The highest BCUT2D eigenvalue weighted by atomic mass is 14.9. The van der Waals surface area contributed by atoms with Crippen LogP contribution < -0.4 is 5.32 Å². The van der Waals surface area contributed by atoms with E-state index in [0.717, 1.165) is 17.9 Å². The van der Waals surface area contributed by atoms with E-state index in [4.69, 9.17) is 0 Å². The Morgan fingerprint density at radius 3 is 2.69 bits per heavy atom. The van der Waals surface area contributed by atoms with E-state index in [-0.39, 0.29) is 0 Å². The first-order chi connectivity index (χ1) is 6.22. The van der Waals surface area contributed by atoms with Crippen molar-refractivity contribution in [3.8, 4) is 0 Å². The van der Waals surface area contributed by atoms with Gasteiger partial charge in [0.2, 0.25) is 0 Å². The topological polar surface area (TPSA) is 12.0 Å². The third kappa shape index (κ3) is 4.12. The minimum absolute atomic E-state index is 0.764. The lowest BCUT2D eigenvalue weighted by Gasteiger charge is -2.28. The fourth-order valence-electron chi connectivity index (χ4n) is 2.03. The Labute approximate surface area is 83.3 Å². The van der Waals surface area contributed by atoms with Crippen LogP contribution in [0.25, 0.3) is 0 Å². The summed E-state index contributed by atoms with van der Waals surface area (Å²) in [6.07, 6.45) is 7.04. The normalized spacial score (nSPS) is 31.6. The van der Waals surface area contributed by atoms with Crippen molar-refractivity contribution in [1.29, 1.82) is 0 Å². The third-order valence-corrected chi connectivity index (χ3v) is 3.53. The molecule has 1 aliphatic rings. The molecule has 1 rings (SSSR count). The maximum Gasteiger partial charge on any atom is 0.00389 e. The lowest BCUT2D eigenvalue weighted by atomic mass is 9.88. The van der Waals surface area contributed by atoms with E-state index in [2.05, 4.69) is 26.1 Å². The molecule has 1 fully saturated rings. The molecule has 0 bridgehead atoms. The average molecular weight is 183 g/mol. The summed E-state index contributed by atoms with van der Waals surface area (Å²) in [6, 6.07) is 0.764. The molecule has 1 heterocycles. The van der Waals surface area contributed by atoms with Crippen molar-refractivity contribution < 1.29 is 0 Å². The van der Waals surface area contributed by atoms with Gasteiger partial charge in [0.05, 0.1) is 0 Å². The van der Waals surface area contributed by atoms with E-state index < -0.39 is 0 Å². The van der Waals surface area contributed by atoms with Gasteiger partial charge in [-0.2, -0.15) is 0 Å². The van der Waals surface area contributed by atoms with Gasteiger partial charge >= 0.3 is 0 Å². The van der Waals surface area contributed by atoms with Crippen LogP contribution in [0.15, 0.2) is 0 Å². The Morgan fingerprint density at radius 2 is 2.15 bits per heavy atom. The van der Waals surface area contributed by atoms with Crippen molar-refractivity contribution in [3.05, 3.63) is 0 Å². The molecule has 0 aromatic heterocycles. The molecule has 13 heavy (non-hydrogen) atoms. The fourth-order valence-corrected chi connectivity index (χ4v) is 2.03. The molecule has 1 nitrogen and oxygen atoms in total. The van der Waals surface area contributed by atoms with Crippen LogP contribution in [0, 0.1) is 11.8 Å². The van der Waals surface area contributed by atoms with Crippen LogP contribution >= 0.6 is 0 Å². The third-order valence-electron chi connectivity index (χ3n) is 3.53. The van der Waals surface area contributed by atoms with Crippen molar-refractivity contribution in [2.45, 2.75) is 58.9 Å². The zero-order valence-electron chi connectivity index (χ0n) is 9.47. The average Bonchev–Trinajstić information content (AvgIpc) is 2.16. The summed E-state index contributed by atoms with van der Waals surface area (Å²) in [6.45, 7) is 8.23. The molecule has 0 aromatic carbocycles. The molecule has 0 aliphatic carbocycles. The lowest BCUT2D eigenvalue weighted by molar-refractivity contribution is 0.289. The molecule has 0 radical (unpaired) electrons. The highest BCUT2D eigenvalue weighted by Gasteiger charge is 2.17. The minimum atomic E-state index is 0.764. The standard InChI is InChI=1S/C12H25N/c1-4-10(2)5-7-12-8-6-11(3)13-9-12/h10-13H,4-9H2,1-3H3. The van der Waals surface area contributed by atoms with Crippen LogP contribution in [0.2, 0.25) is 0 Å². The molecule has 1 N–H and O–H groups in total. The van der Waals surface area contributed by atoms with Crippen molar-refractivity contribution in [3.63, 3.8) is 0 Å². The van der Waals surface area contributed by atoms with Gasteiger partial charge in [0.15, 0.2) is 0 Å². The molecule has 3 atom stereocenters. The van der Waals surface area contributed by atoms with E-state index in [9.17, 15) is 0 Å². The highest BCUT2D eigenvalue weighted by molar-refractivity contribution is 4.75. The van der Waals surface area contributed by atoms with Gasteiger partial charge in [-0.25, -0.2) is 0 Å².